The fourth-order valence-electron chi connectivity index (χ4n) is 1.89. The van der Waals surface area contributed by atoms with Crippen LogP contribution >= 0.6 is 38.5 Å². The molecule has 2 N–H and O–H groups in total. The third-order valence-corrected chi connectivity index (χ3v) is 4.32. The van der Waals surface area contributed by atoms with E-state index in [9.17, 15) is 4.79 Å². The molecule has 0 unspecified atom stereocenters. The summed E-state index contributed by atoms with van der Waals surface area (Å²) in [5.74, 6) is 0.792. The summed E-state index contributed by atoms with van der Waals surface area (Å²) in [6.07, 6.45) is 2.96. The van der Waals surface area contributed by atoms with Crippen molar-refractivity contribution in [2.75, 3.05) is 7.11 Å². The minimum Gasteiger partial charge on any atom is -0.493 e. The van der Waals surface area contributed by atoms with Crippen molar-refractivity contribution < 1.29 is 14.3 Å². The number of hydrogen-bond acceptors (Lipinski definition) is 3. The molecule has 0 saturated carbocycles. The lowest BCUT2D eigenvalue weighted by atomic mass is 10.2. The van der Waals surface area contributed by atoms with Crippen molar-refractivity contribution in [1.82, 2.24) is 0 Å². The molecule has 4 nitrogen and oxygen atoms in total. The maximum Gasteiger partial charge on any atom is 0.241 e. The van der Waals surface area contributed by atoms with Crippen molar-refractivity contribution in [1.29, 1.82) is 0 Å². The average molecular weight is 488 g/mol. The molecule has 0 aliphatic heterocycles. The summed E-state index contributed by atoms with van der Waals surface area (Å²) < 4.78 is 13.2. The van der Waals surface area contributed by atoms with Gasteiger partial charge in [0.15, 0.2) is 11.5 Å². The van der Waals surface area contributed by atoms with E-state index in [1.165, 1.54) is 6.08 Å². The van der Waals surface area contributed by atoms with Gasteiger partial charge in [0.1, 0.15) is 6.61 Å². The number of hydrogen-bond donors (Lipinski definition) is 1. The second kappa shape index (κ2) is 8.35. The molecule has 2 aromatic rings. The first kappa shape index (κ1) is 17.8. The maximum atomic E-state index is 10.8. The molecule has 0 radical (unpaired) electrons. The van der Waals surface area contributed by atoms with Gasteiger partial charge in [0.25, 0.3) is 0 Å². The van der Waals surface area contributed by atoms with Gasteiger partial charge in [-0.2, -0.15) is 0 Å². The van der Waals surface area contributed by atoms with Gasteiger partial charge >= 0.3 is 0 Å². The van der Waals surface area contributed by atoms with Crippen LogP contribution in [-0.2, 0) is 11.4 Å². The quantitative estimate of drug-likeness (QED) is 0.492. The number of rotatable bonds is 6. The van der Waals surface area contributed by atoms with Crippen LogP contribution in [0.1, 0.15) is 11.1 Å². The Kier molecular flexibility index (Phi) is 6.47. The van der Waals surface area contributed by atoms with E-state index in [2.05, 4.69) is 38.5 Å². The zero-order chi connectivity index (χ0) is 16.8. The minimum atomic E-state index is -0.491. The van der Waals surface area contributed by atoms with Gasteiger partial charge in [-0.1, -0.05) is 28.1 Å². The summed E-state index contributed by atoms with van der Waals surface area (Å²) in [5, 5.41) is 0. The minimum absolute atomic E-state index is 0.441. The van der Waals surface area contributed by atoms with Crippen LogP contribution in [0.4, 0.5) is 0 Å². The molecule has 6 heteroatoms. The van der Waals surface area contributed by atoms with E-state index < -0.39 is 5.91 Å². The van der Waals surface area contributed by atoms with Gasteiger partial charge < -0.3 is 15.2 Å². The molecule has 0 fully saturated rings. The normalized spacial score (nSPS) is 10.7. The standard InChI is InChI=1S/C17H15BrINO3/c1-22-15-9-12(4-7-16(20)21)8-14(19)17(15)23-10-11-2-5-13(18)6-3-11/h2-9H,10H2,1H3,(H2,20,21)/b7-4+. The molecule has 2 rings (SSSR count). The van der Waals surface area contributed by atoms with Crippen LogP contribution < -0.4 is 15.2 Å². The largest absolute Gasteiger partial charge is 0.493 e. The van der Waals surface area contributed by atoms with Crippen LogP contribution in [0.2, 0.25) is 0 Å². The van der Waals surface area contributed by atoms with Gasteiger partial charge in [-0.15, -0.1) is 0 Å². The summed E-state index contributed by atoms with van der Waals surface area (Å²) in [4.78, 5) is 10.8. The van der Waals surface area contributed by atoms with Gasteiger partial charge in [0, 0.05) is 10.5 Å². The Hall–Kier alpha value is -1.54. The molecule has 0 bridgehead atoms. The highest BCUT2D eigenvalue weighted by Crippen LogP contribution is 2.35. The van der Waals surface area contributed by atoms with Gasteiger partial charge in [-0.05, 0) is 64.1 Å². The Bertz CT molecular complexity index is 729. The molecule has 0 aliphatic rings. The number of halogens is 2. The number of ether oxygens (including phenoxy) is 2. The smallest absolute Gasteiger partial charge is 0.241 e. The molecular formula is C17H15BrINO3. The first-order valence-electron chi connectivity index (χ1n) is 6.72. The topological polar surface area (TPSA) is 61.5 Å². The number of benzene rings is 2. The summed E-state index contributed by atoms with van der Waals surface area (Å²) in [7, 11) is 1.58. The molecule has 0 heterocycles. The number of amides is 1. The predicted octanol–water partition coefficient (Wildman–Crippen LogP) is 4.14. The Morgan fingerprint density at radius 3 is 2.61 bits per heavy atom. The Morgan fingerprint density at radius 1 is 1.30 bits per heavy atom. The Morgan fingerprint density at radius 2 is 2.00 bits per heavy atom. The van der Waals surface area contributed by atoms with Crippen molar-refractivity contribution in [2.24, 2.45) is 5.73 Å². The van der Waals surface area contributed by atoms with Crippen LogP contribution in [-0.4, -0.2) is 13.0 Å². The van der Waals surface area contributed by atoms with Gasteiger partial charge in [-0.25, -0.2) is 0 Å². The van der Waals surface area contributed by atoms with Gasteiger partial charge in [-0.3, -0.25) is 4.79 Å². The van der Waals surface area contributed by atoms with E-state index in [4.69, 9.17) is 15.2 Å². The fraction of sp³-hybridized carbons (Fsp3) is 0.118. The highest BCUT2D eigenvalue weighted by Gasteiger charge is 2.11. The molecule has 120 valence electrons. The third kappa shape index (κ3) is 5.24. The van der Waals surface area contributed by atoms with E-state index in [0.717, 1.165) is 19.2 Å². The van der Waals surface area contributed by atoms with Gasteiger partial charge in [0.05, 0.1) is 10.7 Å². The highest BCUT2D eigenvalue weighted by molar-refractivity contribution is 14.1. The van der Waals surface area contributed by atoms with E-state index in [1.54, 1.807) is 19.3 Å². The summed E-state index contributed by atoms with van der Waals surface area (Å²) >= 11 is 5.58. The number of primary amides is 1. The maximum absolute atomic E-state index is 10.8. The lowest BCUT2D eigenvalue weighted by Crippen LogP contribution is -2.05. The lowest BCUT2D eigenvalue weighted by Gasteiger charge is -2.13. The molecule has 0 saturated heterocycles. The van der Waals surface area contributed by atoms with Crippen LogP contribution in [0.25, 0.3) is 6.08 Å². The average Bonchev–Trinajstić information content (AvgIpc) is 2.53. The van der Waals surface area contributed by atoms with E-state index in [-0.39, 0.29) is 0 Å². The lowest BCUT2D eigenvalue weighted by molar-refractivity contribution is -0.113. The van der Waals surface area contributed by atoms with Gasteiger partial charge in [0.2, 0.25) is 5.91 Å². The van der Waals surface area contributed by atoms with Crippen LogP contribution in [0.15, 0.2) is 46.9 Å². The van der Waals surface area contributed by atoms with Crippen LogP contribution in [0.3, 0.4) is 0 Å². The molecule has 0 aromatic heterocycles. The van der Waals surface area contributed by atoms with Crippen molar-refractivity contribution in [3.63, 3.8) is 0 Å². The monoisotopic (exact) mass is 487 g/mol. The van der Waals surface area contributed by atoms with E-state index >= 15 is 0 Å². The number of carbonyl (C=O) groups is 1. The Labute approximate surface area is 156 Å². The summed E-state index contributed by atoms with van der Waals surface area (Å²) in [6.45, 7) is 0.441. The second-order valence-electron chi connectivity index (χ2n) is 4.68. The number of carbonyl (C=O) groups excluding carboxylic acids is 1. The summed E-state index contributed by atoms with van der Waals surface area (Å²) in [5.41, 5.74) is 6.99. The van der Waals surface area contributed by atoms with Crippen LogP contribution in [0, 0.1) is 3.57 Å². The highest BCUT2D eigenvalue weighted by atomic mass is 127. The first-order valence-corrected chi connectivity index (χ1v) is 8.59. The molecule has 1 amide bonds. The molecular weight excluding hydrogens is 473 g/mol. The molecule has 2 aromatic carbocycles. The Balaban J connectivity index is 2.20. The number of nitrogens with two attached hydrogens (primary N) is 1. The van der Waals surface area contributed by atoms with Crippen molar-refractivity contribution in [2.45, 2.75) is 6.61 Å². The van der Waals surface area contributed by atoms with E-state index in [0.29, 0.717) is 18.1 Å². The zero-order valence-electron chi connectivity index (χ0n) is 12.4. The second-order valence-corrected chi connectivity index (χ2v) is 6.76. The SMILES string of the molecule is COc1cc(/C=C/C(N)=O)cc(I)c1OCc1ccc(Br)cc1. The molecule has 0 aliphatic carbocycles. The predicted molar refractivity (Wildman–Crippen MR) is 102 cm³/mol. The van der Waals surface area contributed by atoms with Crippen LogP contribution in [0.5, 0.6) is 11.5 Å². The molecule has 0 spiro atoms. The third-order valence-electron chi connectivity index (χ3n) is 2.99. The van der Waals surface area contributed by atoms with Crippen molar-refractivity contribution in [3.05, 3.63) is 61.6 Å². The number of methoxy groups -OCH3 is 1. The zero-order valence-corrected chi connectivity index (χ0v) is 16.1. The fourth-order valence-corrected chi connectivity index (χ4v) is 2.94. The molecule has 0 atom stereocenters. The van der Waals surface area contributed by atoms with Crippen molar-refractivity contribution in [3.8, 4) is 11.5 Å². The first-order chi connectivity index (χ1) is 11.0. The van der Waals surface area contributed by atoms with E-state index in [1.807, 2.05) is 30.3 Å². The van der Waals surface area contributed by atoms with Crippen molar-refractivity contribution >= 4 is 50.5 Å². The molecule has 23 heavy (non-hydrogen) atoms. The summed E-state index contributed by atoms with van der Waals surface area (Å²) in [6, 6.07) is 11.6.